The zero-order valence-electron chi connectivity index (χ0n) is 34.4. The summed E-state index contributed by atoms with van der Waals surface area (Å²) in [7, 11) is 0. The molecule has 0 amide bonds. The lowest BCUT2D eigenvalue weighted by Crippen LogP contribution is -2.55. The minimum atomic E-state index is -0.514. The van der Waals surface area contributed by atoms with Crippen LogP contribution >= 0.6 is 11.3 Å². The van der Waals surface area contributed by atoms with Crippen LogP contribution in [0.3, 0.4) is 0 Å². The molecular weight excluding hydrogens is 717 g/mol. The van der Waals surface area contributed by atoms with Gasteiger partial charge >= 0.3 is 0 Å². The number of likely N-dealkylation sites (tertiary alicyclic amines) is 1. The van der Waals surface area contributed by atoms with Gasteiger partial charge in [0, 0.05) is 55.9 Å². The number of ether oxygens (including phenoxy) is 1. The summed E-state index contributed by atoms with van der Waals surface area (Å²) in [5, 5.41) is 21.3. The number of aliphatic hydroxyl groups excluding tert-OH is 1. The number of thiophene rings is 1. The number of hydrogen-bond donors (Lipinski definition) is 2. The zero-order valence-corrected chi connectivity index (χ0v) is 35.2. The van der Waals surface area contributed by atoms with Gasteiger partial charge in [0.2, 0.25) is 5.95 Å². The standard InChI is InChI=1S/C37H45F2N7O2S.C4H10.C2H6/c1-6-20(4)28(30-24(12-40)35(41)49-34(30)27(38)7-2)29-25-17-48-18-26(25)31-33(32(29)39)42-37(45-11-10-19(3)13-45)43-36(31)46-22-8-9-23(46)16-44(15-22)14-21(5)47;1-3-4-2;1-2/h7,19,21-23,47H,6,8-11,13-18,41H2,1-5H3;3-4H2,1-2H3;1-2H3/b27-7+,28-20+;;. The third-order valence-corrected chi connectivity index (χ3v) is 12.3. The average Bonchev–Trinajstić information content (AvgIpc) is 3.97. The molecule has 0 aliphatic carbocycles. The summed E-state index contributed by atoms with van der Waals surface area (Å²) in [5.74, 6) is 0.694. The molecule has 4 aliphatic heterocycles. The number of nitriles is 1. The first-order valence-corrected chi connectivity index (χ1v) is 21.2. The van der Waals surface area contributed by atoms with Crippen molar-refractivity contribution in [2.75, 3.05) is 48.3 Å². The van der Waals surface area contributed by atoms with Gasteiger partial charge in [-0.05, 0) is 69.1 Å². The van der Waals surface area contributed by atoms with Crippen LogP contribution in [0.5, 0.6) is 0 Å². The third kappa shape index (κ3) is 8.27. The Bertz CT molecular complexity index is 1940. The quantitative estimate of drug-likeness (QED) is 0.219. The van der Waals surface area contributed by atoms with Gasteiger partial charge < -0.3 is 25.4 Å². The zero-order chi connectivity index (χ0) is 40.1. The number of anilines is 3. The highest BCUT2D eigenvalue weighted by molar-refractivity contribution is 7.17. The van der Waals surface area contributed by atoms with Crippen molar-refractivity contribution in [2.45, 2.75) is 132 Å². The van der Waals surface area contributed by atoms with Crippen molar-refractivity contribution in [3.8, 4) is 6.07 Å². The van der Waals surface area contributed by atoms with Crippen molar-refractivity contribution in [1.82, 2.24) is 14.9 Å². The predicted octanol–water partition coefficient (Wildman–Crippen LogP) is 9.59. The van der Waals surface area contributed by atoms with Crippen molar-refractivity contribution in [2.24, 2.45) is 5.92 Å². The van der Waals surface area contributed by atoms with Crippen molar-refractivity contribution in [3.63, 3.8) is 0 Å². The smallest absolute Gasteiger partial charge is 0.228 e. The Kier molecular flexibility index (Phi) is 14.3. The largest absolute Gasteiger partial charge is 0.392 e. The maximum atomic E-state index is 17.8. The maximum Gasteiger partial charge on any atom is 0.228 e. The Balaban J connectivity index is 0.000000909. The fourth-order valence-corrected chi connectivity index (χ4v) is 9.38. The Hall–Kier alpha value is -3.63. The van der Waals surface area contributed by atoms with E-state index in [1.807, 2.05) is 34.6 Å². The van der Waals surface area contributed by atoms with E-state index in [9.17, 15) is 10.4 Å². The van der Waals surface area contributed by atoms with E-state index in [4.69, 9.17) is 20.4 Å². The van der Waals surface area contributed by atoms with E-state index in [2.05, 4.69) is 41.5 Å². The highest BCUT2D eigenvalue weighted by Gasteiger charge is 2.43. The first-order chi connectivity index (χ1) is 26.5. The van der Waals surface area contributed by atoms with Gasteiger partial charge in [-0.2, -0.15) is 10.2 Å². The molecule has 2 bridgehead atoms. The molecule has 300 valence electrons. The summed E-state index contributed by atoms with van der Waals surface area (Å²) in [4.78, 5) is 17.4. The lowest BCUT2D eigenvalue weighted by atomic mass is 9.84. The Morgan fingerprint density at radius 1 is 1.07 bits per heavy atom. The third-order valence-electron chi connectivity index (χ3n) is 11.3. The molecule has 12 heteroatoms. The van der Waals surface area contributed by atoms with Gasteiger partial charge in [-0.1, -0.05) is 66.0 Å². The van der Waals surface area contributed by atoms with Crippen LogP contribution in [0.1, 0.15) is 134 Å². The van der Waals surface area contributed by atoms with Gasteiger partial charge in [0.05, 0.1) is 35.1 Å². The van der Waals surface area contributed by atoms with Crippen LogP contribution in [0, 0.1) is 23.1 Å². The summed E-state index contributed by atoms with van der Waals surface area (Å²) < 4.78 is 39.5. The topological polar surface area (TPSA) is 115 Å². The maximum absolute atomic E-state index is 17.8. The van der Waals surface area contributed by atoms with Crippen LogP contribution in [0.2, 0.25) is 0 Å². The monoisotopic (exact) mass is 777 g/mol. The lowest BCUT2D eigenvalue weighted by Gasteiger charge is -2.43. The number of aromatic nitrogens is 2. The molecule has 9 nitrogen and oxygen atoms in total. The van der Waals surface area contributed by atoms with Gasteiger partial charge in [0.1, 0.15) is 28.2 Å². The molecule has 0 radical (unpaired) electrons. The fraction of sp³-hybridized carbons (Fsp3) is 0.605. The molecule has 2 aromatic heterocycles. The van der Waals surface area contributed by atoms with Gasteiger partial charge in [-0.25, -0.2) is 13.8 Å². The van der Waals surface area contributed by atoms with E-state index in [-0.39, 0.29) is 46.3 Å². The van der Waals surface area contributed by atoms with Crippen LogP contribution in [0.25, 0.3) is 22.3 Å². The minimum Gasteiger partial charge on any atom is -0.392 e. The number of aliphatic hydroxyl groups is 1. The molecule has 3 fully saturated rings. The number of halogens is 2. The highest BCUT2D eigenvalue weighted by atomic mass is 32.1. The van der Waals surface area contributed by atoms with Crippen LogP contribution in [-0.4, -0.2) is 70.9 Å². The summed E-state index contributed by atoms with van der Waals surface area (Å²) >= 11 is 1.01. The minimum absolute atomic E-state index is 0.147. The normalized spacial score (nSPS) is 21.8. The number of piperazine rings is 1. The SMILES string of the molecule is C/C=C(/F)c1sc(N)c(C#N)c1/C(=C(\C)CC)c1c2c(c3c(N4C5CCC4CN(CC(C)O)C5)nc(N4CCC(C)C4)nc3c1F)COC2.CC.CCCC. The molecule has 3 saturated heterocycles. The summed E-state index contributed by atoms with van der Waals surface area (Å²) in [6.45, 7) is 22.1. The molecule has 55 heavy (non-hydrogen) atoms. The molecule has 0 saturated carbocycles. The average molecular weight is 778 g/mol. The second-order valence-electron chi connectivity index (χ2n) is 15.2. The second-order valence-corrected chi connectivity index (χ2v) is 16.3. The number of hydrogen-bond acceptors (Lipinski definition) is 10. The molecule has 4 unspecified atom stereocenters. The van der Waals surface area contributed by atoms with Gasteiger partial charge in [0.15, 0.2) is 5.82 Å². The van der Waals surface area contributed by atoms with Gasteiger partial charge in [-0.15, -0.1) is 11.3 Å². The number of β-amino-alcohol motifs (C(OH)–C–C–N with tert-alkyl or cyclic N) is 1. The first-order valence-electron chi connectivity index (χ1n) is 20.4. The number of unbranched alkanes of at least 4 members (excludes halogenated alkanes) is 1. The molecule has 0 spiro atoms. The molecule has 4 atom stereocenters. The van der Waals surface area contributed by atoms with Crippen LogP contribution < -0.4 is 15.5 Å². The molecule has 6 heterocycles. The van der Waals surface area contributed by atoms with Crippen molar-refractivity contribution >= 4 is 50.4 Å². The number of fused-ring (bicyclic) bond motifs is 5. The predicted molar refractivity (Wildman–Crippen MR) is 224 cm³/mol. The second kappa shape index (κ2) is 18.5. The van der Waals surface area contributed by atoms with E-state index < -0.39 is 17.7 Å². The number of nitrogens with two attached hydrogens (primary N) is 1. The number of nitrogen functional groups attached to an aromatic ring is 1. The van der Waals surface area contributed by atoms with E-state index in [1.54, 1.807) is 6.92 Å². The summed E-state index contributed by atoms with van der Waals surface area (Å²) in [6.07, 6.45) is 7.09. The van der Waals surface area contributed by atoms with Crippen molar-refractivity contribution in [3.05, 3.63) is 50.2 Å². The Morgan fingerprint density at radius 3 is 2.27 bits per heavy atom. The van der Waals surface area contributed by atoms with Crippen LogP contribution in [-0.2, 0) is 18.0 Å². The fourth-order valence-electron chi connectivity index (χ4n) is 8.39. The van der Waals surface area contributed by atoms with E-state index in [0.29, 0.717) is 52.5 Å². The summed E-state index contributed by atoms with van der Waals surface area (Å²) in [5.41, 5.74) is 10.1. The molecule has 1 aromatic carbocycles. The highest BCUT2D eigenvalue weighted by Crippen LogP contribution is 2.49. The van der Waals surface area contributed by atoms with Crippen LogP contribution in [0.4, 0.5) is 25.5 Å². The van der Waals surface area contributed by atoms with Gasteiger partial charge in [0.25, 0.3) is 0 Å². The Morgan fingerprint density at radius 2 is 1.73 bits per heavy atom. The molecule has 3 aromatic rings. The molecular formula is C43H61F2N7O2S. The number of benzene rings is 1. The lowest BCUT2D eigenvalue weighted by molar-refractivity contribution is 0.111. The molecule has 4 aliphatic rings. The van der Waals surface area contributed by atoms with Crippen molar-refractivity contribution in [1.29, 1.82) is 5.26 Å². The Labute approximate surface area is 330 Å². The van der Waals surface area contributed by atoms with Crippen LogP contribution in [0.15, 0.2) is 11.6 Å². The van der Waals surface area contributed by atoms with E-state index in [1.165, 1.54) is 18.9 Å². The van der Waals surface area contributed by atoms with Crippen molar-refractivity contribution < 1.29 is 18.6 Å². The van der Waals surface area contributed by atoms with E-state index >= 15 is 8.78 Å². The van der Waals surface area contributed by atoms with Gasteiger partial charge in [-0.3, -0.25) is 4.90 Å². The number of allylic oxidation sites excluding steroid dienone is 2. The number of nitrogens with zero attached hydrogens (tertiary/aromatic N) is 6. The summed E-state index contributed by atoms with van der Waals surface area (Å²) in [6, 6.07) is 2.53. The van der Waals surface area contributed by atoms with E-state index in [0.717, 1.165) is 73.7 Å². The molecule has 7 rings (SSSR count). The first kappa shape index (κ1) is 42.5. The molecule has 3 N–H and O–H groups in total. The number of rotatable bonds is 9.